The third-order valence-corrected chi connectivity index (χ3v) is 2.82. The lowest BCUT2D eigenvalue weighted by Crippen LogP contribution is -2.36. The molecule has 0 radical (unpaired) electrons. The molecular formula is C14H17ClN2O3. The number of halogens is 1. The summed E-state index contributed by atoms with van der Waals surface area (Å²) >= 11 is 5.76. The standard InChI is InChI=1S/C14H17ClN2O3/c1-3-7-17(8-4-2)14(20)16-12-6-5-10(15)9-11(12)13(18)19/h3,5-6,9H,1,4,7-8H2,2H3,(H,16,20)(H,18,19). The Bertz CT molecular complexity index is 517. The smallest absolute Gasteiger partial charge is 0.337 e. The maximum absolute atomic E-state index is 12.1. The summed E-state index contributed by atoms with van der Waals surface area (Å²) in [6.45, 7) is 6.51. The number of carbonyl (C=O) groups is 2. The number of carboxylic acid groups (broad SMARTS) is 1. The molecule has 1 aromatic carbocycles. The Labute approximate surface area is 122 Å². The van der Waals surface area contributed by atoms with Crippen LogP contribution < -0.4 is 5.32 Å². The zero-order valence-corrected chi connectivity index (χ0v) is 12.0. The maximum Gasteiger partial charge on any atom is 0.337 e. The van der Waals surface area contributed by atoms with Crippen molar-refractivity contribution in [2.75, 3.05) is 18.4 Å². The third kappa shape index (κ3) is 4.28. The van der Waals surface area contributed by atoms with Crippen molar-refractivity contribution in [1.82, 2.24) is 4.90 Å². The van der Waals surface area contributed by atoms with Crippen molar-refractivity contribution < 1.29 is 14.7 Å². The number of aromatic carboxylic acids is 1. The molecule has 6 heteroatoms. The summed E-state index contributed by atoms with van der Waals surface area (Å²) < 4.78 is 0. The number of anilines is 1. The summed E-state index contributed by atoms with van der Waals surface area (Å²) in [7, 11) is 0. The number of nitrogens with one attached hydrogen (secondary N) is 1. The van der Waals surface area contributed by atoms with E-state index in [1.807, 2.05) is 6.92 Å². The van der Waals surface area contributed by atoms with Gasteiger partial charge >= 0.3 is 12.0 Å². The van der Waals surface area contributed by atoms with Gasteiger partial charge in [0.2, 0.25) is 0 Å². The fraction of sp³-hybridized carbons (Fsp3) is 0.286. The van der Waals surface area contributed by atoms with Crippen LogP contribution in [0.2, 0.25) is 5.02 Å². The second-order valence-corrected chi connectivity index (χ2v) is 4.60. The first-order valence-electron chi connectivity index (χ1n) is 6.19. The van der Waals surface area contributed by atoms with E-state index in [2.05, 4.69) is 11.9 Å². The minimum atomic E-state index is -1.14. The normalized spacial score (nSPS) is 9.90. The largest absolute Gasteiger partial charge is 0.478 e. The number of hydrogen-bond acceptors (Lipinski definition) is 2. The van der Waals surface area contributed by atoms with E-state index in [-0.39, 0.29) is 17.3 Å². The molecule has 0 saturated carbocycles. The second kappa shape index (κ2) is 7.55. The maximum atomic E-state index is 12.1. The topological polar surface area (TPSA) is 69.6 Å². The van der Waals surface area contributed by atoms with Crippen LogP contribution in [0.4, 0.5) is 10.5 Å². The first kappa shape index (κ1) is 16.0. The highest BCUT2D eigenvalue weighted by molar-refractivity contribution is 6.31. The van der Waals surface area contributed by atoms with Gasteiger partial charge in [-0.3, -0.25) is 0 Å². The predicted molar refractivity (Wildman–Crippen MR) is 79.5 cm³/mol. The Balaban J connectivity index is 2.94. The van der Waals surface area contributed by atoms with Crippen LogP contribution in [0.15, 0.2) is 30.9 Å². The fourth-order valence-electron chi connectivity index (χ4n) is 1.70. The number of carbonyl (C=O) groups excluding carboxylic acids is 1. The minimum Gasteiger partial charge on any atom is -0.478 e. The van der Waals surface area contributed by atoms with E-state index >= 15 is 0 Å². The molecule has 2 amide bonds. The molecule has 108 valence electrons. The quantitative estimate of drug-likeness (QED) is 0.790. The molecular weight excluding hydrogens is 280 g/mol. The molecule has 0 aliphatic heterocycles. The van der Waals surface area contributed by atoms with Crippen LogP contribution in [-0.4, -0.2) is 35.1 Å². The average molecular weight is 297 g/mol. The minimum absolute atomic E-state index is 0.0408. The van der Waals surface area contributed by atoms with E-state index in [0.29, 0.717) is 18.1 Å². The van der Waals surface area contributed by atoms with Crippen LogP contribution in [0.5, 0.6) is 0 Å². The van der Waals surface area contributed by atoms with Gasteiger partial charge in [-0.15, -0.1) is 6.58 Å². The third-order valence-electron chi connectivity index (χ3n) is 2.58. The van der Waals surface area contributed by atoms with Crippen molar-refractivity contribution >= 4 is 29.3 Å². The van der Waals surface area contributed by atoms with Gasteiger partial charge in [-0.1, -0.05) is 24.6 Å². The lowest BCUT2D eigenvalue weighted by atomic mass is 10.2. The molecule has 1 aromatic rings. The molecule has 5 nitrogen and oxygen atoms in total. The molecule has 0 aliphatic rings. The van der Waals surface area contributed by atoms with Gasteiger partial charge in [0, 0.05) is 18.1 Å². The number of urea groups is 1. The van der Waals surface area contributed by atoms with Crippen LogP contribution in [0.25, 0.3) is 0 Å². The number of nitrogens with zero attached hydrogens (tertiary/aromatic N) is 1. The van der Waals surface area contributed by atoms with Crippen molar-refractivity contribution in [3.8, 4) is 0 Å². The van der Waals surface area contributed by atoms with E-state index in [9.17, 15) is 9.59 Å². The number of rotatable bonds is 6. The molecule has 0 atom stereocenters. The molecule has 0 heterocycles. The second-order valence-electron chi connectivity index (χ2n) is 4.16. The highest BCUT2D eigenvalue weighted by Gasteiger charge is 2.16. The molecule has 2 N–H and O–H groups in total. The molecule has 0 fully saturated rings. The number of benzene rings is 1. The van der Waals surface area contributed by atoms with E-state index in [4.69, 9.17) is 16.7 Å². The van der Waals surface area contributed by atoms with E-state index in [1.165, 1.54) is 18.2 Å². The summed E-state index contributed by atoms with van der Waals surface area (Å²) in [5, 5.41) is 12.0. The van der Waals surface area contributed by atoms with Crippen molar-refractivity contribution in [3.05, 3.63) is 41.4 Å². The fourth-order valence-corrected chi connectivity index (χ4v) is 1.87. The molecule has 0 unspecified atom stereocenters. The first-order valence-corrected chi connectivity index (χ1v) is 6.57. The molecule has 0 aromatic heterocycles. The van der Waals surface area contributed by atoms with Crippen LogP contribution in [-0.2, 0) is 0 Å². The van der Waals surface area contributed by atoms with E-state index in [0.717, 1.165) is 6.42 Å². The van der Waals surface area contributed by atoms with Crippen molar-refractivity contribution in [2.24, 2.45) is 0 Å². The number of amides is 2. The summed E-state index contributed by atoms with van der Waals surface area (Å²) in [4.78, 5) is 24.8. The average Bonchev–Trinajstić information content (AvgIpc) is 2.40. The van der Waals surface area contributed by atoms with Crippen LogP contribution in [0, 0.1) is 0 Å². The SMILES string of the molecule is C=CCN(CCC)C(=O)Nc1ccc(Cl)cc1C(=O)O. The molecule has 0 bridgehead atoms. The van der Waals surface area contributed by atoms with Gasteiger partial charge in [-0.05, 0) is 24.6 Å². The summed E-state index contributed by atoms with van der Waals surface area (Å²) in [5.41, 5.74) is 0.179. The molecule has 1 rings (SSSR count). The highest BCUT2D eigenvalue weighted by Crippen LogP contribution is 2.21. The van der Waals surface area contributed by atoms with Gasteiger partial charge in [-0.25, -0.2) is 9.59 Å². The first-order chi connectivity index (χ1) is 9.49. The molecule has 0 aliphatic carbocycles. The lowest BCUT2D eigenvalue weighted by Gasteiger charge is -2.21. The highest BCUT2D eigenvalue weighted by atomic mass is 35.5. The van der Waals surface area contributed by atoms with E-state index < -0.39 is 5.97 Å². The summed E-state index contributed by atoms with van der Waals surface area (Å²) in [6, 6.07) is 3.94. The van der Waals surface area contributed by atoms with Crippen molar-refractivity contribution in [1.29, 1.82) is 0 Å². The number of carboxylic acids is 1. The van der Waals surface area contributed by atoms with Gasteiger partial charge in [0.25, 0.3) is 0 Å². The Kier molecular flexibility index (Phi) is 6.06. The molecule has 0 spiro atoms. The molecule has 20 heavy (non-hydrogen) atoms. The summed E-state index contributed by atoms with van der Waals surface area (Å²) in [5.74, 6) is -1.14. The monoisotopic (exact) mass is 296 g/mol. The van der Waals surface area contributed by atoms with Crippen molar-refractivity contribution in [2.45, 2.75) is 13.3 Å². The Morgan fingerprint density at radius 3 is 2.75 bits per heavy atom. The van der Waals surface area contributed by atoms with Gasteiger partial charge in [0.05, 0.1) is 11.3 Å². The van der Waals surface area contributed by atoms with E-state index in [1.54, 1.807) is 11.0 Å². The van der Waals surface area contributed by atoms with Crippen LogP contribution in [0.1, 0.15) is 23.7 Å². The Morgan fingerprint density at radius 2 is 2.20 bits per heavy atom. The van der Waals surface area contributed by atoms with Crippen molar-refractivity contribution in [3.63, 3.8) is 0 Å². The number of hydrogen-bond donors (Lipinski definition) is 2. The van der Waals surface area contributed by atoms with Crippen LogP contribution in [0.3, 0.4) is 0 Å². The molecule has 0 saturated heterocycles. The lowest BCUT2D eigenvalue weighted by molar-refractivity contribution is 0.0698. The predicted octanol–water partition coefficient (Wildman–Crippen LogP) is 3.47. The zero-order valence-electron chi connectivity index (χ0n) is 11.2. The van der Waals surface area contributed by atoms with Gasteiger partial charge in [0.15, 0.2) is 0 Å². The van der Waals surface area contributed by atoms with Gasteiger partial charge in [0.1, 0.15) is 0 Å². The Hall–Kier alpha value is -2.01. The van der Waals surface area contributed by atoms with Gasteiger partial charge < -0.3 is 15.3 Å². The Morgan fingerprint density at radius 1 is 1.50 bits per heavy atom. The van der Waals surface area contributed by atoms with Crippen LogP contribution >= 0.6 is 11.6 Å². The van der Waals surface area contributed by atoms with Gasteiger partial charge in [-0.2, -0.15) is 0 Å². The zero-order chi connectivity index (χ0) is 15.1. The summed E-state index contributed by atoms with van der Waals surface area (Å²) in [6.07, 6.45) is 2.42.